The number of hydrogen-bond donors (Lipinski definition) is 5. The van der Waals surface area contributed by atoms with Crippen LogP contribution in [-0.2, 0) is 36.9 Å². The number of nitrogens with one attached hydrogen (secondary N) is 3. The first-order valence-electron chi connectivity index (χ1n) is 33.1. The number of carboxylic acid groups (broad SMARTS) is 1. The number of thiazole rings is 2. The molecule has 4 saturated carbocycles. The van der Waals surface area contributed by atoms with Crippen molar-refractivity contribution >= 4 is 85.1 Å². The van der Waals surface area contributed by atoms with Crippen LogP contribution in [0.3, 0.4) is 0 Å². The molecular formula is C70H86N14O8S2. The number of piperazine rings is 1. The molecule has 8 atom stereocenters. The molecule has 7 aromatic rings. The second-order valence-electron chi connectivity index (χ2n) is 29.2. The van der Waals surface area contributed by atoms with Gasteiger partial charge < -0.3 is 45.6 Å². The number of aliphatic hydroxyl groups excluding tert-OH is 1. The molecule has 24 heteroatoms. The molecule has 4 bridgehead atoms. The first-order valence-corrected chi connectivity index (χ1v) is 34.8. The summed E-state index contributed by atoms with van der Waals surface area (Å²) in [5.41, 5.74) is 8.72. The van der Waals surface area contributed by atoms with Crippen molar-refractivity contribution in [1.29, 1.82) is 0 Å². The Hall–Kier alpha value is -7.77. The zero-order chi connectivity index (χ0) is 66.2. The van der Waals surface area contributed by atoms with Crippen LogP contribution in [0.4, 0.5) is 22.6 Å². The third-order valence-electron chi connectivity index (χ3n) is 21.1. The van der Waals surface area contributed by atoms with E-state index in [1.807, 2.05) is 124 Å². The molecule has 4 amide bonds. The second-order valence-corrected chi connectivity index (χ2v) is 31.1. The van der Waals surface area contributed by atoms with Gasteiger partial charge in [0.15, 0.2) is 22.5 Å². The highest BCUT2D eigenvalue weighted by Crippen LogP contribution is 2.77. The standard InChI is InChI=1S/C70H86N14O8S2/c1-41-48-13-12-24-82(61(48)79-78-60(41)77-65-74-51-14-10-11-15-53(51)94-65)54-21-20-49(57(75-54)64(90)91)50-32-72-84(44(50)4)39-69-35-67(8)34-68(9,37-69)70(36-67,38-69)92-30-29-80-25-27-81(28-26-80)56(87)23-22-55(86)76-59(66(5,6)7)63(89)83-33-47(85)31-52(83)62(88)73-42(2)45-16-18-46(19-17-45)58-43(3)71-40-93-58/h10-11,14-21,32,40,42,47,52,59,85H,12-13,22-31,33-39H2,1-9H3,(H,73,88)(H,76,86)(H,90,91)(H,74,77,78)/t42-,47+,52-,59+,67?,68?,69?,70?/m0/s1. The van der Waals surface area contributed by atoms with Crippen molar-refractivity contribution in [2.45, 2.75) is 163 Å². The molecule has 5 N–H and O–H groups in total. The Morgan fingerprint density at radius 1 is 0.862 bits per heavy atom. The lowest BCUT2D eigenvalue weighted by atomic mass is 9.60. The lowest BCUT2D eigenvalue weighted by Gasteiger charge is -2.46. The molecular weight excluding hydrogens is 1230 g/mol. The van der Waals surface area contributed by atoms with E-state index in [1.54, 1.807) is 28.9 Å². The van der Waals surface area contributed by atoms with E-state index in [1.165, 1.54) is 4.90 Å². The van der Waals surface area contributed by atoms with Gasteiger partial charge in [-0.05, 0) is 130 Å². The molecule has 3 aliphatic heterocycles. The molecule has 14 rings (SSSR count). The van der Waals surface area contributed by atoms with Gasteiger partial charge in [-0.3, -0.25) is 28.8 Å². The van der Waals surface area contributed by atoms with Crippen LogP contribution in [0.25, 0.3) is 31.8 Å². The number of aryl methyl sites for hydroxylation is 1. The van der Waals surface area contributed by atoms with Crippen LogP contribution in [-0.4, -0.2) is 166 Å². The number of aliphatic hydroxyl groups is 1. The van der Waals surface area contributed by atoms with E-state index in [0.717, 1.165) is 111 Å². The van der Waals surface area contributed by atoms with Gasteiger partial charge in [-0.1, -0.05) is 82.4 Å². The first kappa shape index (κ1) is 64.9. The SMILES string of the molecule is Cc1ncsc1-c1ccc([C@H](C)NC(=O)[C@@H]2C[C@@H](O)CN2C(=O)[C@@H](NC(=O)CCC(=O)N2CCN(CCOC34CC5(C)CC(Cn6ncc(-c7ccc(N8CCCc9c8nnc(Nc8nc%10ccccc%10s8)c9C)nc7C(=O)O)c6C)(CC3(C)C5)C4)CC2)C(C)(C)C)cc1. The number of rotatable bonds is 20. The highest BCUT2D eigenvalue weighted by Gasteiger charge is 2.74. The highest BCUT2D eigenvalue weighted by atomic mass is 32.1. The molecule has 5 aromatic heterocycles. The van der Waals surface area contributed by atoms with Gasteiger partial charge in [-0.25, -0.2) is 19.7 Å². The average Bonchev–Trinajstić information content (AvgIpc) is 1.50. The average molecular weight is 1320 g/mol. The van der Waals surface area contributed by atoms with Crippen molar-refractivity contribution in [3.05, 3.63) is 106 Å². The van der Waals surface area contributed by atoms with E-state index in [4.69, 9.17) is 19.8 Å². The summed E-state index contributed by atoms with van der Waals surface area (Å²) in [5.74, 6) is -0.700. The Kier molecular flexibility index (Phi) is 17.3. The van der Waals surface area contributed by atoms with Gasteiger partial charge >= 0.3 is 5.97 Å². The van der Waals surface area contributed by atoms with E-state index in [2.05, 4.69) is 54.6 Å². The number of amides is 4. The fourth-order valence-electron chi connectivity index (χ4n) is 17.0. The van der Waals surface area contributed by atoms with Crippen molar-refractivity contribution in [1.82, 2.24) is 60.3 Å². The van der Waals surface area contributed by atoms with E-state index < -0.39 is 41.4 Å². The number of carboxylic acids is 1. The monoisotopic (exact) mass is 1310 g/mol. The zero-order valence-electron chi connectivity index (χ0n) is 55.3. The Balaban J connectivity index is 0.588. The van der Waals surface area contributed by atoms with Crippen molar-refractivity contribution < 1.29 is 38.9 Å². The predicted octanol–water partition coefficient (Wildman–Crippen LogP) is 9.96. The maximum absolute atomic E-state index is 14.4. The van der Waals surface area contributed by atoms with E-state index in [-0.39, 0.29) is 71.2 Å². The fraction of sp³-hybridized carbons (Fsp3) is 0.529. The van der Waals surface area contributed by atoms with Crippen molar-refractivity contribution in [3.63, 3.8) is 0 Å². The largest absolute Gasteiger partial charge is 0.476 e. The molecule has 7 aliphatic rings. The number of hydrogen-bond acceptors (Lipinski definition) is 18. The van der Waals surface area contributed by atoms with Crippen LogP contribution >= 0.6 is 22.7 Å². The first-order chi connectivity index (χ1) is 44.8. The van der Waals surface area contributed by atoms with Crippen LogP contribution in [0.2, 0.25) is 0 Å². The van der Waals surface area contributed by atoms with Crippen molar-refractivity contribution in [3.8, 4) is 21.6 Å². The molecule has 8 heterocycles. The third-order valence-corrected chi connectivity index (χ3v) is 23.1. The lowest BCUT2D eigenvalue weighted by Crippen LogP contribution is -2.58. The minimum absolute atomic E-state index is 0.0104. The van der Waals surface area contributed by atoms with Crippen LogP contribution in [0.15, 0.2) is 72.4 Å². The molecule has 2 aromatic carbocycles. The molecule has 496 valence electrons. The molecule has 94 heavy (non-hydrogen) atoms. The summed E-state index contributed by atoms with van der Waals surface area (Å²) in [4.78, 5) is 91.2. The number of ether oxygens (including phenoxy) is 1. The van der Waals surface area contributed by atoms with Crippen LogP contribution in [0.5, 0.6) is 0 Å². The number of pyridine rings is 1. The maximum atomic E-state index is 14.4. The number of aromatic carboxylic acids is 1. The van der Waals surface area contributed by atoms with Crippen molar-refractivity contribution in [2.75, 3.05) is 62.6 Å². The van der Waals surface area contributed by atoms with Crippen LogP contribution < -0.4 is 20.9 Å². The summed E-state index contributed by atoms with van der Waals surface area (Å²) >= 11 is 3.13. The summed E-state index contributed by atoms with van der Waals surface area (Å²) in [6.45, 7) is 23.3. The van der Waals surface area contributed by atoms with Gasteiger partial charge in [-0.2, -0.15) is 5.10 Å². The topological polar surface area (TPSA) is 266 Å². The maximum Gasteiger partial charge on any atom is 0.355 e. The summed E-state index contributed by atoms with van der Waals surface area (Å²) in [5, 5.41) is 45.9. The number of likely N-dealkylation sites (tertiary alicyclic amines) is 1. The lowest BCUT2D eigenvalue weighted by molar-refractivity contribution is -0.144. The molecule has 4 aliphatic carbocycles. The molecule has 0 spiro atoms. The van der Waals surface area contributed by atoms with Crippen molar-refractivity contribution in [2.24, 2.45) is 21.7 Å². The Bertz CT molecular complexity index is 4050. The van der Waals surface area contributed by atoms with Crippen LogP contribution in [0.1, 0.15) is 144 Å². The van der Waals surface area contributed by atoms with Gasteiger partial charge in [0.05, 0.1) is 56.8 Å². The number of aromatic nitrogens is 7. The summed E-state index contributed by atoms with van der Waals surface area (Å²) in [6.07, 6.45) is 7.57. The smallest absolute Gasteiger partial charge is 0.355 e. The Morgan fingerprint density at radius 2 is 1.64 bits per heavy atom. The number of fused-ring (bicyclic) bond motifs is 2. The summed E-state index contributed by atoms with van der Waals surface area (Å²) in [7, 11) is 0. The van der Waals surface area contributed by atoms with E-state index >= 15 is 0 Å². The van der Waals surface area contributed by atoms with Gasteiger partial charge in [-0.15, -0.1) is 21.5 Å². The quantitative estimate of drug-likeness (QED) is 0.0475. The predicted molar refractivity (Wildman–Crippen MR) is 361 cm³/mol. The Morgan fingerprint density at radius 3 is 2.37 bits per heavy atom. The third kappa shape index (κ3) is 12.5. The number of β-amino-alcohol motifs (C(OH)–C–C–N with tert-alkyl or cyclic N) is 1. The fourth-order valence-corrected chi connectivity index (χ4v) is 18.7. The Labute approximate surface area is 556 Å². The molecule has 4 unspecified atom stereocenters. The number of carbonyl (C=O) groups is 5. The molecule has 22 nitrogen and oxygen atoms in total. The van der Waals surface area contributed by atoms with Crippen LogP contribution in [0, 0.1) is 42.4 Å². The minimum Gasteiger partial charge on any atom is -0.476 e. The van der Waals surface area contributed by atoms with Gasteiger partial charge in [0.1, 0.15) is 17.9 Å². The molecule has 0 radical (unpaired) electrons. The zero-order valence-corrected chi connectivity index (χ0v) is 56.9. The number of anilines is 4. The normalized spacial score (nSPS) is 24.8. The summed E-state index contributed by atoms with van der Waals surface area (Å²) in [6, 6.07) is 17.4. The number of para-hydroxylation sites is 1. The van der Waals surface area contributed by atoms with E-state index in [0.29, 0.717) is 68.9 Å². The minimum atomic E-state index is -1.12. The number of nitrogens with zero attached hydrogens (tertiary/aromatic N) is 11. The van der Waals surface area contributed by atoms with Gasteiger partial charge in [0.2, 0.25) is 23.6 Å². The van der Waals surface area contributed by atoms with E-state index in [9.17, 15) is 34.2 Å². The second kappa shape index (κ2) is 25.1. The highest BCUT2D eigenvalue weighted by molar-refractivity contribution is 7.22. The summed E-state index contributed by atoms with van der Waals surface area (Å²) < 4.78 is 10.3. The number of carbonyl (C=O) groups excluding carboxylic acids is 4. The number of benzene rings is 2. The van der Waals surface area contributed by atoms with Gasteiger partial charge in [0, 0.05) is 99.6 Å². The van der Waals surface area contributed by atoms with Gasteiger partial charge in [0.25, 0.3) is 0 Å². The molecule has 2 saturated heterocycles. The molecule has 6 fully saturated rings.